The Morgan fingerprint density at radius 2 is 1.57 bits per heavy atom. The molecule has 3 N–H and O–H groups in total. The van der Waals surface area contributed by atoms with Crippen LogP contribution in [0.1, 0.15) is 0 Å². The van der Waals surface area contributed by atoms with Crippen molar-refractivity contribution in [1.82, 2.24) is 4.98 Å². The molecule has 5 aromatic rings. The molecule has 0 aliphatic heterocycles. The van der Waals surface area contributed by atoms with Gasteiger partial charge in [0.05, 0.1) is 16.9 Å². The Morgan fingerprint density at radius 3 is 2.36 bits per heavy atom. The predicted molar refractivity (Wildman–Crippen MR) is 112 cm³/mol. The number of nitrogens with zero attached hydrogens (tertiary/aromatic N) is 1. The van der Waals surface area contributed by atoms with Gasteiger partial charge in [-0.05, 0) is 35.7 Å². The van der Waals surface area contributed by atoms with E-state index in [0.29, 0.717) is 5.69 Å². The van der Waals surface area contributed by atoms with Crippen LogP contribution in [0.2, 0.25) is 0 Å². The minimum Gasteiger partial charge on any atom is -0.506 e. The molecule has 136 valence electrons. The Kier molecular flexibility index (Phi) is 3.49. The van der Waals surface area contributed by atoms with Crippen molar-refractivity contribution in [3.05, 3.63) is 78.9 Å². The summed E-state index contributed by atoms with van der Waals surface area (Å²) in [6.07, 6.45) is -1.16. The topological polar surface area (TPSA) is 76.6 Å². The van der Waals surface area contributed by atoms with E-state index in [0.717, 1.165) is 37.5 Å². The molecule has 0 bridgehead atoms. The lowest BCUT2D eigenvalue weighted by atomic mass is 10.0. The molecule has 0 saturated heterocycles. The van der Waals surface area contributed by atoms with Gasteiger partial charge >= 0.3 is 6.09 Å². The number of para-hydroxylation sites is 2. The lowest BCUT2D eigenvalue weighted by Crippen LogP contribution is -2.23. The third kappa shape index (κ3) is 2.37. The highest BCUT2D eigenvalue weighted by molar-refractivity contribution is 6.18. The van der Waals surface area contributed by atoms with Gasteiger partial charge in [-0.3, -0.25) is 0 Å². The van der Waals surface area contributed by atoms with Crippen molar-refractivity contribution in [2.24, 2.45) is 0 Å². The van der Waals surface area contributed by atoms with Crippen LogP contribution >= 0.6 is 0 Å². The van der Waals surface area contributed by atoms with Gasteiger partial charge in [-0.1, -0.05) is 48.5 Å². The third-order valence-corrected chi connectivity index (χ3v) is 5.04. The second kappa shape index (κ2) is 6.03. The van der Waals surface area contributed by atoms with E-state index in [1.807, 2.05) is 36.4 Å². The van der Waals surface area contributed by atoms with Crippen LogP contribution in [0.3, 0.4) is 0 Å². The first-order valence-electron chi connectivity index (χ1n) is 8.88. The maximum Gasteiger partial charge on any atom is 0.416 e. The van der Waals surface area contributed by atoms with Gasteiger partial charge in [-0.25, -0.2) is 9.69 Å². The van der Waals surface area contributed by atoms with E-state index in [1.165, 1.54) is 0 Å². The van der Waals surface area contributed by atoms with Crippen LogP contribution in [0, 0.1) is 0 Å². The summed E-state index contributed by atoms with van der Waals surface area (Å²) in [4.78, 5) is 16.4. The number of anilines is 2. The number of aromatic hydroxyl groups is 1. The van der Waals surface area contributed by atoms with Gasteiger partial charge in [-0.15, -0.1) is 0 Å². The number of H-pyrrole nitrogens is 1. The quantitative estimate of drug-likeness (QED) is 0.358. The first kappa shape index (κ1) is 16.2. The second-order valence-corrected chi connectivity index (χ2v) is 6.67. The minimum absolute atomic E-state index is 0.0927. The van der Waals surface area contributed by atoms with Crippen LogP contribution in [-0.2, 0) is 0 Å². The molecular formula is C23H16N2O3. The summed E-state index contributed by atoms with van der Waals surface area (Å²) >= 11 is 0. The molecule has 1 aromatic heterocycles. The largest absolute Gasteiger partial charge is 0.506 e. The molecule has 0 aliphatic rings. The first-order valence-corrected chi connectivity index (χ1v) is 8.88. The molecule has 0 atom stereocenters. The van der Waals surface area contributed by atoms with Crippen LogP contribution in [0.4, 0.5) is 16.2 Å². The lowest BCUT2D eigenvalue weighted by molar-refractivity contribution is 0.204. The average molecular weight is 368 g/mol. The zero-order chi connectivity index (χ0) is 19.3. The van der Waals surface area contributed by atoms with E-state index < -0.39 is 6.09 Å². The molecule has 0 aliphatic carbocycles. The van der Waals surface area contributed by atoms with E-state index in [4.69, 9.17) is 0 Å². The van der Waals surface area contributed by atoms with E-state index in [2.05, 4.69) is 11.1 Å². The molecule has 1 amide bonds. The highest BCUT2D eigenvalue weighted by Gasteiger charge is 2.21. The van der Waals surface area contributed by atoms with Crippen molar-refractivity contribution in [3.8, 4) is 5.75 Å². The van der Waals surface area contributed by atoms with Gasteiger partial charge in [0.25, 0.3) is 0 Å². The fourth-order valence-electron chi connectivity index (χ4n) is 3.78. The van der Waals surface area contributed by atoms with Crippen LogP contribution in [0.25, 0.3) is 32.6 Å². The van der Waals surface area contributed by atoms with Crippen molar-refractivity contribution in [2.45, 2.75) is 0 Å². The number of carboxylic acid groups (broad SMARTS) is 1. The zero-order valence-electron chi connectivity index (χ0n) is 14.8. The van der Waals surface area contributed by atoms with Gasteiger partial charge in [0, 0.05) is 21.7 Å². The van der Waals surface area contributed by atoms with Gasteiger partial charge in [0.15, 0.2) is 0 Å². The number of amides is 1. The summed E-state index contributed by atoms with van der Waals surface area (Å²) in [6.45, 7) is 0. The number of aromatic nitrogens is 1. The Hall–Kier alpha value is -3.99. The number of nitrogens with one attached hydrogen (secondary N) is 1. The normalized spacial score (nSPS) is 11.3. The molecule has 28 heavy (non-hydrogen) atoms. The molecule has 4 aromatic carbocycles. The van der Waals surface area contributed by atoms with Crippen molar-refractivity contribution < 1.29 is 15.0 Å². The van der Waals surface area contributed by atoms with Crippen molar-refractivity contribution in [3.63, 3.8) is 0 Å². The highest BCUT2D eigenvalue weighted by Crippen LogP contribution is 2.39. The summed E-state index contributed by atoms with van der Waals surface area (Å²) in [5, 5.41) is 24.3. The standard InChI is InChI=1S/C23H16N2O3/c26-21-13-18-14(10-11-17-16-8-4-5-9-19(16)24-22(17)18)12-20(21)25(23(27)28)15-6-2-1-3-7-15/h1-13,24,26H,(H,27,28). The number of benzene rings is 4. The molecule has 1 heterocycles. The van der Waals surface area contributed by atoms with Crippen LogP contribution in [0.15, 0.2) is 78.9 Å². The number of fused-ring (bicyclic) bond motifs is 5. The Labute approximate surface area is 160 Å². The fourth-order valence-corrected chi connectivity index (χ4v) is 3.78. The monoisotopic (exact) mass is 368 g/mol. The molecular weight excluding hydrogens is 352 g/mol. The van der Waals surface area contributed by atoms with Crippen LogP contribution in [-0.4, -0.2) is 21.3 Å². The van der Waals surface area contributed by atoms with Gasteiger partial charge in [0.1, 0.15) is 5.75 Å². The number of rotatable bonds is 2. The third-order valence-electron chi connectivity index (χ3n) is 5.04. The van der Waals surface area contributed by atoms with E-state index in [-0.39, 0.29) is 11.4 Å². The van der Waals surface area contributed by atoms with Gasteiger partial charge < -0.3 is 15.2 Å². The van der Waals surface area contributed by atoms with Crippen LogP contribution in [0.5, 0.6) is 5.75 Å². The molecule has 5 nitrogen and oxygen atoms in total. The molecule has 0 saturated carbocycles. The second-order valence-electron chi connectivity index (χ2n) is 6.67. The Morgan fingerprint density at radius 1 is 0.821 bits per heavy atom. The fraction of sp³-hybridized carbons (Fsp3) is 0. The SMILES string of the molecule is O=C(O)N(c1ccccc1)c1cc2ccc3c4ccccc4[nH]c3c2cc1O. The summed E-state index contributed by atoms with van der Waals surface area (Å²) in [5.74, 6) is -0.0927. The number of hydrogen-bond acceptors (Lipinski definition) is 2. The average Bonchev–Trinajstić information content (AvgIpc) is 3.08. The molecule has 0 unspecified atom stereocenters. The van der Waals surface area contributed by atoms with Gasteiger partial charge in [0.2, 0.25) is 0 Å². The Balaban J connectivity index is 1.77. The zero-order valence-corrected chi connectivity index (χ0v) is 14.8. The molecule has 5 rings (SSSR count). The summed E-state index contributed by atoms with van der Waals surface area (Å²) in [6, 6.07) is 24.1. The molecule has 0 radical (unpaired) electrons. The van der Waals surface area contributed by atoms with E-state index in [1.54, 1.807) is 36.4 Å². The first-order chi connectivity index (χ1) is 13.6. The predicted octanol–water partition coefficient (Wildman–Crippen LogP) is 6.00. The highest BCUT2D eigenvalue weighted by atomic mass is 16.4. The van der Waals surface area contributed by atoms with Crippen LogP contribution < -0.4 is 4.90 Å². The minimum atomic E-state index is -1.16. The van der Waals surface area contributed by atoms with E-state index in [9.17, 15) is 15.0 Å². The van der Waals surface area contributed by atoms with Crippen molar-refractivity contribution >= 4 is 50.0 Å². The maximum absolute atomic E-state index is 11.9. The van der Waals surface area contributed by atoms with Crippen molar-refractivity contribution in [2.75, 3.05) is 4.90 Å². The lowest BCUT2D eigenvalue weighted by Gasteiger charge is -2.21. The molecule has 5 heteroatoms. The van der Waals surface area contributed by atoms with E-state index >= 15 is 0 Å². The number of hydrogen-bond donors (Lipinski definition) is 3. The summed E-state index contributed by atoms with van der Waals surface area (Å²) < 4.78 is 0. The number of carbonyl (C=O) groups is 1. The number of phenolic OH excluding ortho intramolecular Hbond substituents is 1. The summed E-state index contributed by atoms with van der Waals surface area (Å²) in [5.41, 5.74) is 2.63. The maximum atomic E-state index is 11.9. The van der Waals surface area contributed by atoms with Gasteiger partial charge in [-0.2, -0.15) is 0 Å². The van der Waals surface area contributed by atoms with Crippen molar-refractivity contribution in [1.29, 1.82) is 0 Å². The Bertz CT molecular complexity index is 1360. The molecule has 0 spiro atoms. The summed E-state index contributed by atoms with van der Waals surface area (Å²) in [7, 11) is 0. The number of phenols is 1. The smallest absolute Gasteiger partial charge is 0.416 e. The number of aromatic amines is 1. The molecule has 0 fully saturated rings.